The van der Waals surface area contributed by atoms with Gasteiger partial charge in [-0.2, -0.15) is 0 Å². The first kappa shape index (κ1) is 14.0. The molecule has 2 rings (SSSR count). The molecular weight excluding hydrogens is 287 g/mol. The van der Waals surface area contributed by atoms with E-state index >= 15 is 0 Å². The van der Waals surface area contributed by atoms with Gasteiger partial charge in [0.25, 0.3) is 0 Å². The van der Waals surface area contributed by atoms with Gasteiger partial charge in [-0.25, -0.2) is 9.37 Å². The van der Waals surface area contributed by atoms with Gasteiger partial charge >= 0.3 is 0 Å². The molecule has 2 aromatic rings. The number of aromatic nitrogens is 1. The quantitative estimate of drug-likeness (QED) is 0.812. The topological polar surface area (TPSA) is 33.2 Å². The maximum absolute atomic E-state index is 13.1. The summed E-state index contributed by atoms with van der Waals surface area (Å²) in [5, 5.41) is 2.54. The molecule has 0 aliphatic carbocycles. The summed E-state index contributed by atoms with van der Waals surface area (Å²) in [6.45, 7) is 0. The van der Waals surface area contributed by atoms with Gasteiger partial charge in [0.05, 0.1) is 18.0 Å². The van der Waals surface area contributed by atoms with Crippen molar-refractivity contribution < 1.29 is 9.18 Å². The number of anilines is 1. The summed E-state index contributed by atoms with van der Waals surface area (Å²) in [5.41, 5.74) is 1.29. The fraction of sp³-hybridized carbons (Fsp3) is 0.231. The third-order valence-electron chi connectivity index (χ3n) is 2.61. The largest absolute Gasteiger partial charge is 0.315 e. The highest BCUT2D eigenvalue weighted by atomic mass is 35.5. The fourth-order valence-corrected chi connectivity index (χ4v) is 2.58. The monoisotopic (exact) mass is 298 g/mol. The molecule has 19 heavy (non-hydrogen) atoms. The van der Waals surface area contributed by atoms with Gasteiger partial charge in [0, 0.05) is 18.1 Å². The Morgan fingerprint density at radius 2 is 2.32 bits per heavy atom. The molecule has 1 heterocycles. The van der Waals surface area contributed by atoms with Gasteiger partial charge in [0.15, 0.2) is 0 Å². The zero-order valence-electron chi connectivity index (χ0n) is 10.3. The van der Waals surface area contributed by atoms with Gasteiger partial charge in [-0.15, -0.1) is 22.9 Å². The van der Waals surface area contributed by atoms with Crippen LogP contribution in [0.1, 0.15) is 10.7 Å². The number of alkyl halides is 1. The van der Waals surface area contributed by atoms with Crippen molar-refractivity contribution in [3.05, 3.63) is 46.2 Å². The number of carbonyl (C=O) groups is 1. The van der Waals surface area contributed by atoms with Crippen LogP contribution in [0.5, 0.6) is 0 Å². The second-order valence-electron chi connectivity index (χ2n) is 3.98. The molecule has 0 saturated heterocycles. The summed E-state index contributed by atoms with van der Waals surface area (Å²) in [6, 6.07) is 5.93. The minimum Gasteiger partial charge on any atom is -0.315 e. The molecule has 0 fully saturated rings. The van der Waals surface area contributed by atoms with E-state index in [1.807, 2.05) is 5.38 Å². The number of nitrogens with zero attached hydrogens (tertiary/aromatic N) is 2. The van der Waals surface area contributed by atoms with Crippen LogP contribution in [0, 0.1) is 5.82 Å². The van der Waals surface area contributed by atoms with E-state index in [0.29, 0.717) is 16.6 Å². The zero-order valence-corrected chi connectivity index (χ0v) is 11.8. The van der Waals surface area contributed by atoms with Crippen LogP contribution in [-0.2, 0) is 17.1 Å². The zero-order chi connectivity index (χ0) is 13.8. The highest BCUT2D eigenvalue weighted by Crippen LogP contribution is 2.17. The number of thiazole rings is 1. The van der Waals surface area contributed by atoms with E-state index < -0.39 is 0 Å². The minimum atomic E-state index is -0.365. The van der Waals surface area contributed by atoms with E-state index in [1.54, 1.807) is 19.2 Å². The minimum absolute atomic E-state index is 0.138. The molecule has 0 spiro atoms. The third-order valence-corrected chi connectivity index (χ3v) is 3.78. The molecule has 0 aliphatic rings. The van der Waals surface area contributed by atoms with Crippen molar-refractivity contribution in [2.24, 2.45) is 0 Å². The highest BCUT2D eigenvalue weighted by Gasteiger charge is 2.14. The van der Waals surface area contributed by atoms with Gasteiger partial charge in [-0.05, 0) is 18.2 Å². The Labute approximate surface area is 119 Å². The Morgan fingerprint density at radius 1 is 1.53 bits per heavy atom. The molecule has 6 heteroatoms. The van der Waals surface area contributed by atoms with Crippen molar-refractivity contribution in [3.8, 4) is 0 Å². The number of rotatable bonds is 4. The van der Waals surface area contributed by atoms with Crippen LogP contribution in [0.3, 0.4) is 0 Å². The molecule has 1 aromatic carbocycles. The van der Waals surface area contributed by atoms with E-state index in [0.717, 1.165) is 5.69 Å². The number of carbonyl (C=O) groups excluding carboxylic acids is 1. The Balaban J connectivity index is 2.07. The predicted octanol–water partition coefficient (Wildman–Crippen LogP) is 3.23. The van der Waals surface area contributed by atoms with Crippen LogP contribution in [0.2, 0.25) is 0 Å². The van der Waals surface area contributed by atoms with Crippen molar-refractivity contribution in [3.63, 3.8) is 0 Å². The number of amides is 1. The molecule has 1 aromatic heterocycles. The van der Waals surface area contributed by atoms with E-state index in [2.05, 4.69) is 4.98 Å². The molecule has 0 saturated carbocycles. The lowest BCUT2D eigenvalue weighted by atomic mass is 10.2. The van der Waals surface area contributed by atoms with Crippen LogP contribution in [0.4, 0.5) is 10.1 Å². The number of hydrogen-bond acceptors (Lipinski definition) is 3. The summed E-state index contributed by atoms with van der Waals surface area (Å²) in [5.74, 6) is -0.165. The maximum Gasteiger partial charge on any atom is 0.233 e. The molecular formula is C13H12ClFN2OS. The average Bonchev–Trinajstić information content (AvgIpc) is 2.85. The third kappa shape index (κ3) is 3.52. The average molecular weight is 299 g/mol. The summed E-state index contributed by atoms with van der Waals surface area (Å²) in [7, 11) is 1.62. The Kier molecular flexibility index (Phi) is 4.50. The predicted molar refractivity (Wildman–Crippen MR) is 75.2 cm³/mol. The van der Waals surface area contributed by atoms with E-state index in [9.17, 15) is 9.18 Å². The fourth-order valence-electron chi connectivity index (χ4n) is 1.57. The van der Waals surface area contributed by atoms with Crippen molar-refractivity contribution >= 4 is 34.5 Å². The van der Waals surface area contributed by atoms with E-state index in [4.69, 9.17) is 11.6 Å². The molecule has 0 atom stereocenters. The van der Waals surface area contributed by atoms with Crippen molar-refractivity contribution in [1.29, 1.82) is 0 Å². The number of hydrogen-bond donors (Lipinski definition) is 0. The second-order valence-corrected chi connectivity index (χ2v) is 5.19. The van der Waals surface area contributed by atoms with Gasteiger partial charge < -0.3 is 4.90 Å². The highest BCUT2D eigenvalue weighted by molar-refractivity contribution is 7.09. The first-order chi connectivity index (χ1) is 9.10. The standard InChI is InChI=1S/C13H12ClFN2OS/c1-17(11-4-2-3-9(15)5-11)13(18)6-12-16-10(7-14)8-19-12/h2-5,8H,6-7H2,1H3. The molecule has 0 bridgehead atoms. The van der Waals surface area contributed by atoms with Gasteiger partial charge in [-0.3, -0.25) is 4.79 Å². The van der Waals surface area contributed by atoms with Gasteiger partial charge in [-0.1, -0.05) is 6.07 Å². The van der Waals surface area contributed by atoms with Crippen LogP contribution in [0.25, 0.3) is 0 Å². The number of halogens is 2. The SMILES string of the molecule is CN(C(=O)Cc1nc(CCl)cs1)c1cccc(F)c1. The Bertz CT molecular complexity index is 588. The van der Waals surface area contributed by atoms with Crippen LogP contribution in [-0.4, -0.2) is 17.9 Å². The van der Waals surface area contributed by atoms with E-state index in [1.165, 1.54) is 28.4 Å². The van der Waals surface area contributed by atoms with E-state index in [-0.39, 0.29) is 18.1 Å². The Hall–Kier alpha value is -1.46. The maximum atomic E-state index is 13.1. The summed E-state index contributed by atoms with van der Waals surface area (Å²) >= 11 is 7.06. The van der Waals surface area contributed by atoms with Gasteiger partial charge in [0.2, 0.25) is 5.91 Å². The second kappa shape index (κ2) is 6.12. The van der Waals surface area contributed by atoms with Crippen LogP contribution < -0.4 is 4.90 Å². The molecule has 3 nitrogen and oxygen atoms in total. The van der Waals surface area contributed by atoms with Gasteiger partial charge in [0.1, 0.15) is 10.8 Å². The Morgan fingerprint density at radius 3 is 2.95 bits per heavy atom. The normalized spacial score (nSPS) is 10.5. The van der Waals surface area contributed by atoms with Crippen molar-refractivity contribution in [1.82, 2.24) is 4.98 Å². The lowest BCUT2D eigenvalue weighted by molar-refractivity contribution is -0.117. The summed E-state index contributed by atoms with van der Waals surface area (Å²) in [6.07, 6.45) is 0.189. The van der Waals surface area contributed by atoms with Crippen LogP contribution >= 0.6 is 22.9 Å². The van der Waals surface area contributed by atoms with Crippen molar-refractivity contribution in [2.45, 2.75) is 12.3 Å². The molecule has 0 aliphatic heterocycles. The molecule has 0 N–H and O–H groups in total. The lowest BCUT2D eigenvalue weighted by Crippen LogP contribution is -2.27. The molecule has 0 unspecified atom stereocenters. The number of likely N-dealkylation sites (N-methyl/N-ethyl adjacent to an activating group) is 1. The smallest absolute Gasteiger partial charge is 0.233 e. The molecule has 0 radical (unpaired) electrons. The summed E-state index contributed by atoms with van der Waals surface area (Å²) in [4.78, 5) is 17.7. The first-order valence-electron chi connectivity index (χ1n) is 5.61. The lowest BCUT2D eigenvalue weighted by Gasteiger charge is -2.16. The number of benzene rings is 1. The first-order valence-corrected chi connectivity index (χ1v) is 7.03. The summed E-state index contributed by atoms with van der Waals surface area (Å²) < 4.78 is 13.1. The van der Waals surface area contributed by atoms with Crippen molar-refractivity contribution in [2.75, 3.05) is 11.9 Å². The molecule has 100 valence electrons. The molecule has 1 amide bonds. The van der Waals surface area contributed by atoms with Crippen LogP contribution in [0.15, 0.2) is 29.6 Å².